The number of nitrogens with zero attached hydrogens (tertiary/aromatic N) is 1. The van der Waals surface area contributed by atoms with Gasteiger partial charge in [0.15, 0.2) is 0 Å². The normalized spacial score (nSPS) is 23.0. The first kappa shape index (κ1) is 17.8. The van der Waals surface area contributed by atoms with E-state index in [0.29, 0.717) is 19.6 Å². The zero-order valence-electron chi connectivity index (χ0n) is 11.9. The van der Waals surface area contributed by atoms with E-state index in [-0.39, 0.29) is 13.2 Å². The molecule has 1 fully saturated rings. The number of hydrogen-bond acceptors (Lipinski definition) is 5. The average Bonchev–Trinajstić information content (AvgIpc) is 2.71. The van der Waals surface area contributed by atoms with E-state index in [0.717, 1.165) is 25.0 Å². The molecule has 0 amide bonds. The van der Waals surface area contributed by atoms with E-state index >= 15 is 0 Å². The van der Waals surface area contributed by atoms with E-state index in [2.05, 4.69) is 19.2 Å². The number of aliphatic hydroxyl groups is 2. The quantitative estimate of drug-likeness (QED) is 0.509. The van der Waals surface area contributed by atoms with E-state index in [4.69, 9.17) is 15.9 Å². The number of hydrogen-bond donors (Lipinski definition) is 4. The molecule has 1 aliphatic heterocycles. The first-order valence-electron chi connectivity index (χ1n) is 7.04. The Labute approximate surface area is 111 Å². The van der Waals surface area contributed by atoms with Gasteiger partial charge in [0, 0.05) is 25.2 Å². The van der Waals surface area contributed by atoms with Crippen molar-refractivity contribution in [3.63, 3.8) is 0 Å². The predicted octanol–water partition coefficient (Wildman–Crippen LogP) is -0.231. The molecule has 0 bridgehead atoms. The molecule has 2 unspecified atom stereocenters. The van der Waals surface area contributed by atoms with Crippen LogP contribution in [0.4, 0.5) is 0 Å². The highest BCUT2D eigenvalue weighted by atomic mass is 16.3. The molecular formula is C13H31N3O2. The highest BCUT2D eigenvalue weighted by molar-refractivity contribution is 4.76. The van der Waals surface area contributed by atoms with E-state index in [1.807, 2.05) is 4.90 Å². The van der Waals surface area contributed by atoms with Gasteiger partial charge in [0.25, 0.3) is 0 Å². The Bertz CT molecular complexity index is 168. The molecule has 0 spiro atoms. The number of nitrogens with one attached hydrogen (secondary N) is 1. The summed E-state index contributed by atoms with van der Waals surface area (Å²) in [5.74, 6) is 0. The van der Waals surface area contributed by atoms with Crippen LogP contribution < -0.4 is 11.1 Å². The fourth-order valence-electron chi connectivity index (χ4n) is 2.09. The van der Waals surface area contributed by atoms with Crippen LogP contribution in [0.5, 0.6) is 0 Å². The van der Waals surface area contributed by atoms with Crippen molar-refractivity contribution in [2.24, 2.45) is 5.73 Å². The first-order chi connectivity index (χ1) is 8.63. The Balaban J connectivity index is 0.000000351. The first-order valence-corrected chi connectivity index (χ1v) is 7.04. The molecule has 2 atom stereocenters. The fraction of sp³-hybridized carbons (Fsp3) is 1.00. The predicted molar refractivity (Wildman–Crippen MR) is 75.6 cm³/mol. The van der Waals surface area contributed by atoms with E-state index in [1.165, 1.54) is 12.8 Å². The van der Waals surface area contributed by atoms with Crippen molar-refractivity contribution < 1.29 is 10.2 Å². The largest absolute Gasteiger partial charge is 0.395 e. The lowest BCUT2D eigenvalue weighted by molar-refractivity contribution is 0.160. The smallest absolute Gasteiger partial charge is 0.0558 e. The summed E-state index contributed by atoms with van der Waals surface area (Å²) in [6, 6.07) is 1.55. The second kappa shape index (κ2) is 11.9. The lowest BCUT2D eigenvalue weighted by Crippen LogP contribution is -2.31. The van der Waals surface area contributed by atoms with Gasteiger partial charge in [0.1, 0.15) is 0 Å². The van der Waals surface area contributed by atoms with Gasteiger partial charge in [-0.05, 0) is 46.2 Å². The summed E-state index contributed by atoms with van der Waals surface area (Å²) < 4.78 is 0. The van der Waals surface area contributed by atoms with E-state index in [9.17, 15) is 0 Å². The Kier molecular flexibility index (Phi) is 11.7. The van der Waals surface area contributed by atoms with Gasteiger partial charge < -0.3 is 21.3 Å². The molecule has 1 rings (SSSR count). The molecule has 5 heteroatoms. The minimum absolute atomic E-state index is 0.143. The average molecular weight is 261 g/mol. The van der Waals surface area contributed by atoms with Crippen LogP contribution in [0, 0.1) is 0 Å². The third-order valence-electron chi connectivity index (χ3n) is 3.11. The highest BCUT2D eigenvalue weighted by Crippen LogP contribution is 2.09. The Morgan fingerprint density at radius 2 is 1.56 bits per heavy atom. The summed E-state index contributed by atoms with van der Waals surface area (Å²) in [4.78, 5) is 1.99. The molecule has 5 N–H and O–H groups in total. The van der Waals surface area contributed by atoms with E-state index < -0.39 is 0 Å². The molecule has 0 aromatic rings. The minimum atomic E-state index is 0.143. The molecular weight excluding hydrogens is 230 g/mol. The SMILES string of the molecule is CC1CCC(C)N1.NCCCN(CCO)CCO. The molecule has 5 nitrogen and oxygen atoms in total. The van der Waals surface area contributed by atoms with Crippen molar-refractivity contribution in [2.45, 2.75) is 45.2 Å². The van der Waals surface area contributed by atoms with Gasteiger partial charge >= 0.3 is 0 Å². The number of nitrogens with two attached hydrogens (primary N) is 1. The molecule has 0 saturated carbocycles. The maximum atomic E-state index is 8.61. The van der Waals surface area contributed by atoms with Crippen LogP contribution in [-0.4, -0.2) is 66.6 Å². The molecule has 0 aliphatic carbocycles. The van der Waals surface area contributed by atoms with Gasteiger partial charge in [0.05, 0.1) is 13.2 Å². The fourth-order valence-corrected chi connectivity index (χ4v) is 2.09. The summed E-state index contributed by atoms with van der Waals surface area (Å²) in [6.07, 6.45) is 3.64. The monoisotopic (exact) mass is 261 g/mol. The lowest BCUT2D eigenvalue weighted by atomic mass is 10.2. The molecule has 1 heterocycles. The van der Waals surface area contributed by atoms with Crippen molar-refractivity contribution in [3.05, 3.63) is 0 Å². The van der Waals surface area contributed by atoms with Gasteiger partial charge in [0.2, 0.25) is 0 Å². The Hall–Kier alpha value is -0.200. The zero-order valence-corrected chi connectivity index (χ0v) is 11.9. The summed E-state index contributed by atoms with van der Waals surface area (Å²) >= 11 is 0. The number of aliphatic hydroxyl groups excluding tert-OH is 2. The topological polar surface area (TPSA) is 81.8 Å². The van der Waals surface area contributed by atoms with Crippen LogP contribution in [0.1, 0.15) is 33.1 Å². The van der Waals surface area contributed by atoms with Crippen LogP contribution in [-0.2, 0) is 0 Å². The summed E-state index contributed by atoms with van der Waals surface area (Å²) in [5.41, 5.74) is 5.32. The van der Waals surface area contributed by atoms with Crippen molar-refractivity contribution in [1.29, 1.82) is 0 Å². The van der Waals surface area contributed by atoms with E-state index in [1.54, 1.807) is 0 Å². The zero-order chi connectivity index (χ0) is 13.8. The van der Waals surface area contributed by atoms with Crippen molar-refractivity contribution in [2.75, 3.05) is 39.4 Å². The summed E-state index contributed by atoms with van der Waals surface area (Å²) in [6.45, 7) is 7.54. The maximum Gasteiger partial charge on any atom is 0.0558 e. The standard InChI is InChI=1S/C7H18N2O2.C6H13N/c8-2-1-3-9(4-6-10)5-7-11;1-5-3-4-6(2)7-5/h10-11H,1-8H2;5-7H,3-4H2,1-2H3. The molecule has 18 heavy (non-hydrogen) atoms. The maximum absolute atomic E-state index is 8.61. The van der Waals surface area contributed by atoms with Gasteiger partial charge in [-0.3, -0.25) is 4.90 Å². The van der Waals surface area contributed by atoms with Crippen LogP contribution in [0.2, 0.25) is 0 Å². The Morgan fingerprint density at radius 3 is 1.83 bits per heavy atom. The van der Waals surface area contributed by atoms with Gasteiger partial charge in [-0.25, -0.2) is 0 Å². The summed E-state index contributed by atoms with van der Waals surface area (Å²) in [5, 5.41) is 20.6. The van der Waals surface area contributed by atoms with Crippen molar-refractivity contribution >= 4 is 0 Å². The van der Waals surface area contributed by atoms with Gasteiger partial charge in [-0.2, -0.15) is 0 Å². The molecule has 1 saturated heterocycles. The van der Waals surface area contributed by atoms with Gasteiger partial charge in [-0.15, -0.1) is 0 Å². The highest BCUT2D eigenvalue weighted by Gasteiger charge is 2.14. The number of rotatable bonds is 7. The third-order valence-corrected chi connectivity index (χ3v) is 3.11. The molecule has 0 aromatic carbocycles. The van der Waals surface area contributed by atoms with Crippen LogP contribution >= 0.6 is 0 Å². The van der Waals surface area contributed by atoms with Gasteiger partial charge in [-0.1, -0.05) is 0 Å². The second-order valence-corrected chi connectivity index (χ2v) is 4.98. The Morgan fingerprint density at radius 1 is 1.06 bits per heavy atom. The van der Waals surface area contributed by atoms with Crippen LogP contribution in [0.3, 0.4) is 0 Å². The van der Waals surface area contributed by atoms with Crippen molar-refractivity contribution in [3.8, 4) is 0 Å². The third kappa shape index (κ3) is 9.79. The molecule has 0 aromatic heterocycles. The molecule has 110 valence electrons. The van der Waals surface area contributed by atoms with Crippen molar-refractivity contribution in [1.82, 2.24) is 10.2 Å². The lowest BCUT2D eigenvalue weighted by Gasteiger charge is -2.19. The second-order valence-electron chi connectivity index (χ2n) is 4.98. The van der Waals surface area contributed by atoms with Crippen LogP contribution in [0.15, 0.2) is 0 Å². The molecule has 0 radical (unpaired) electrons. The molecule has 1 aliphatic rings. The summed E-state index contributed by atoms with van der Waals surface area (Å²) in [7, 11) is 0. The minimum Gasteiger partial charge on any atom is -0.395 e. The van der Waals surface area contributed by atoms with Crippen LogP contribution in [0.25, 0.3) is 0 Å².